The summed E-state index contributed by atoms with van der Waals surface area (Å²) in [5.74, 6) is 1.88. The summed E-state index contributed by atoms with van der Waals surface area (Å²) in [6.07, 6.45) is 1.92. The quantitative estimate of drug-likeness (QED) is 0.333. The molecule has 162 valence electrons. The van der Waals surface area contributed by atoms with Crippen LogP contribution in [0.4, 0.5) is 4.79 Å². The SMILES string of the molecule is CN=C(NCc1ncnn1C)N(C)CCC(NC(=O)OC(C)(C)C)C(C)C.I. The maximum atomic E-state index is 12.1. The van der Waals surface area contributed by atoms with Crippen LogP contribution in [0.25, 0.3) is 0 Å². The highest BCUT2D eigenvalue weighted by Crippen LogP contribution is 2.11. The number of amides is 1. The summed E-state index contributed by atoms with van der Waals surface area (Å²) in [6, 6.07) is 0.0131. The Morgan fingerprint density at radius 3 is 2.50 bits per heavy atom. The number of nitrogens with zero attached hydrogens (tertiary/aromatic N) is 5. The highest BCUT2D eigenvalue weighted by atomic mass is 127. The van der Waals surface area contributed by atoms with Gasteiger partial charge in [0.1, 0.15) is 17.8 Å². The van der Waals surface area contributed by atoms with Gasteiger partial charge in [0.2, 0.25) is 0 Å². The molecule has 1 rings (SSSR count). The van der Waals surface area contributed by atoms with Gasteiger partial charge in [-0.2, -0.15) is 5.10 Å². The third kappa shape index (κ3) is 9.56. The van der Waals surface area contributed by atoms with Crippen molar-refractivity contribution in [3.63, 3.8) is 0 Å². The van der Waals surface area contributed by atoms with E-state index in [1.807, 2.05) is 39.8 Å². The number of carbonyl (C=O) groups is 1. The first-order valence-electron chi connectivity index (χ1n) is 9.27. The summed E-state index contributed by atoms with van der Waals surface area (Å²) >= 11 is 0. The molecule has 10 heteroatoms. The summed E-state index contributed by atoms with van der Waals surface area (Å²) in [5.41, 5.74) is -0.506. The largest absolute Gasteiger partial charge is 0.444 e. The molecule has 28 heavy (non-hydrogen) atoms. The molecule has 1 unspecified atom stereocenters. The van der Waals surface area contributed by atoms with Gasteiger partial charge in [-0.1, -0.05) is 13.8 Å². The Labute approximate surface area is 185 Å². The number of hydrogen-bond donors (Lipinski definition) is 2. The van der Waals surface area contributed by atoms with Crippen LogP contribution in [0.1, 0.15) is 46.9 Å². The van der Waals surface area contributed by atoms with Crippen molar-refractivity contribution >= 4 is 36.0 Å². The molecule has 0 bridgehead atoms. The highest BCUT2D eigenvalue weighted by molar-refractivity contribution is 14.0. The number of halogens is 1. The zero-order valence-electron chi connectivity index (χ0n) is 18.3. The summed E-state index contributed by atoms with van der Waals surface area (Å²) < 4.78 is 7.09. The number of aryl methyl sites for hydroxylation is 1. The normalized spacial score (nSPS) is 13.0. The molecule has 1 amide bonds. The van der Waals surface area contributed by atoms with Gasteiger partial charge in [-0.25, -0.2) is 9.78 Å². The van der Waals surface area contributed by atoms with Gasteiger partial charge in [0, 0.05) is 33.7 Å². The van der Waals surface area contributed by atoms with E-state index in [9.17, 15) is 4.79 Å². The number of ether oxygens (including phenoxy) is 1. The molecule has 9 nitrogen and oxygen atoms in total. The summed E-state index contributed by atoms with van der Waals surface area (Å²) in [7, 11) is 5.57. The number of alkyl carbamates (subject to hydrolysis) is 1. The molecule has 2 N–H and O–H groups in total. The molecule has 0 saturated carbocycles. The minimum absolute atomic E-state index is 0. The average molecular weight is 509 g/mol. The van der Waals surface area contributed by atoms with Crippen molar-refractivity contribution in [1.82, 2.24) is 30.3 Å². The molecular formula is C18H36IN7O2. The van der Waals surface area contributed by atoms with Crippen molar-refractivity contribution in [2.24, 2.45) is 18.0 Å². The van der Waals surface area contributed by atoms with E-state index in [4.69, 9.17) is 4.74 Å². The molecule has 0 aliphatic heterocycles. The van der Waals surface area contributed by atoms with Crippen LogP contribution in [0.2, 0.25) is 0 Å². The summed E-state index contributed by atoms with van der Waals surface area (Å²) in [4.78, 5) is 22.6. The van der Waals surface area contributed by atoms with Crippen LogP contribution in [0.5, 0.6) is 0 Å². The van der Waals surface area contributed by atoms with Crippen LogP contribution in [0, 0.1) is 5.92 Å². The van der Waals surface area contributed by atoms with E-state index in [1.54, 1.807) is 11.7 Å². The summed E-state index contributed by atoms with van der Waals surface area (Å²) in [6.45, 7) is 11.0. The van der Waals surface area contributed by atoms with E-state index in [2.05, 4.69) is 39.6 Å². The molecule has 1 atom stereocenters. The first-order valence-corrected chi connectivity index (χ1v) is 9.27. The van der Waals surface area contributed by atoms with E-state index >= 15 is 0 Å². The van der Waals surface area contributed by atoms with Crippen molar-refractivity contribution in [2.75, 3.05) is 20.6 Å². The first kappa shape index (κ1) is 26.4. The Morgan fingerprint density at radius 1 is 1.39 bits per heavy atom. The number of guanidine groups is 1. The number of rotatable bonds is 7. The van der Waals surface area contributed by atoms with Gasteiger partial charge in [0.05, 0.1) is 6.54 Å². The van der Waals surface area contributed by atoms with Gasteiger partial charge in [0.15, 0.2) is 5.96 Å². The Kier molecular flexibility index (Phi) is 11.4. The van der Waals surface area contributed by atoms with Gasteiger partial charge in [-0.3, -0.25) is 9.67 Å². The van der Waals surface area contributed by atoms with E-state index in [1.165, 1.54) is 6.33 Å². The Balaban J connectivity index is 0.00000729. The zero-order valence-corrected chi connectivity index (χ0v) is 20.6. The van der Waals surface area contributed by atoms with Crippen LogP contribution in [0.3, 0.4) is 0 Å². The van der Waals surface area contributed by atoms with E-state index < -0.39 is 5.60 Å². The predicted octanol–water partition coefficient (Wildman–Crippen LogP) is 2.38. The van der Waals surface area contributed by atoms with Crippen LogP contribution in [-0.4, -0.2) is 64.0 Å². The molecule has 0 saturated heterocycles. The molecule has 1 aromatic heterocycles. The van der Waals surface area contributed by atoms with Gasteiger partial charge in [-0.15, -0.1) is 24.0 Å². The maximum absolute atomic E-state index is 12.1. The monoisotopic (exact) mass is 509 g/mol. The number of carbonyl (C=O) groups excluding carboxylic acids is 1. The second-order valence-electron chi connectivity index (χ2n) is 7.91. The molecule has 0 radical (unpaired) electrons. The first-order chi connectivity index (χ1) is 12.5. The van der Waals surface area contributed by atoms with Crippen LogP contribution < -0.4 is 10.6 Å². The number of hydrogen-bond acceptors (Lipinski definition) is 5. The third-order valence-electron chi connectivity index (χ3n) is 4.07. The molecular weight excluding hydrogens is 473 g/mol. The number of aliphatic imine (C=N–C) groups is 1. The summed E-state index contributed by atoms with van der Waals surface area (Å²) in [5, 5.41) is 10.3. The van der Waals surface area contributed by atoms with Gasteiger partial charge in [0.25, 0.3) is 0 Å². The topological polar surface area (TPSA) is 96.7 Å². The van der Waals surface area contributed by atoms with Crippen molar-refractivity contribution < 1.29 is 9.53 Å². The second kappa shape index (κ2) is 12.1. The lowest BCUT2D eigenvalue weighted by molar-refractivity contribution is 0.0486. The Hall–Kier alpha value is -1.59. The lowest BCUT2D eigenvalue weighted by Crippen LogP contribution is -2.45. The fourth-order valence-electron chi connectivity index (χ4n) is 2.49. The number of aromatic nitrogens is 3. The lowest BCUT2D eigenvalue weighted by Gasteiger charge is -2.28. The minimum atomic E-state index is -0.506. The molecule has 1 heterocycles. The van der Waals surface area contributed by atoms with E-state index in [0.717, 1.165) is 24.7 Å². The second-order valence-corrected chi connectivity index (χ2v) is 7.91. The van der Waals surface area contributed by atoms with Crippen LogP contribution in [0.15, 0.2) is 11.3 Å². The van der Waals surface area contributed by atoms with Crippen molar-refractivity contribution in [2.45, 2.75) is 59.2 Å². The smallest absolute Gasteiger partial charge is 0.407 e. The molecule has 1 aromatic rings. The van der Waals surface area contributed by atoms with Gasteiger partial charge < -0.3 is 20.3 Å². The molecule has 0 spiro atoms. The fraction of sp³-hybridized carbons (Fsp3) is 0.778. The third-order valence-corrected chi connectivity index (χ3v) is 4.07. The standard InChI is InChI=1S/C18H35N7O2.HI/c1-13(2)14(23-17(26)27-18(3,4)5)9-10-24(7)16(19-6)20-11-15-21-12-22-25(15)8;/h12-14H,9-11H2,1-8H3,(H,19,20)(H,23,26);1H. The van der Waals surface area contributed by atoms with Crippen molar-refractivity contribution in [3.8, 4) is 0 Å². The van der Waals surface area contributed by atoms with E-state index in [-0.39, 0.29) is 36.1 Å². The molecule has 0 aliphatic rings. The lowest BCUT2D eigenvalue weighted by atomic mass is 10.0. The van der Waals surface area contributed by atoms with Gasteiger partial charge in [-0.05, 0) is 33.1 Å². The molecule has 0 fully saturated rings. The van der Waals surface area contributed by atoms with Crippen LogP contribution >= 0.6 is 24.0 Å². The van der Waals surface area contributed by atoms with Gasteiger partial charge >= 0.3 is 6.09 Å². The highest BCUT2D eigenvalue weighted by Gasteiger charge is 2.22. The Morgan fingerprint density at radius 2 is 2.04 bits per heavy atom. The van der Waals surface area contributed by atoms with Crippen molar-refractivity contribution in [1.29, 1.82) is 0 Å². The Bertz CT molecular complexity index is 626. The van der Waals surface area contributed by atoms with Crippen LogP contribution in [-0.2, 0) is 18.3 Å². The molecule has 0 aliphatic carbocycles. The minimum Gasteiger partial charge on any atom is -0.444 e. The fourth-order valence-corrected chi connectivity index (χ4v) is 2.49. The average Bonchev–Trinajstić information content (AvgIpc) is 2.95. The number of nitrogens with one attached hydrogen (secondary N) is 2. The zero-order chi connectivity index (χ0) is 20.6. The molecule has 0 aromatic carbocycles. The predicted molar refractivity (Wildman–Crippen MR) is 122 cm³/mol. The van der Waals surface area contributed by atoms with E-state index in [0.29, 0.717) is 12.5 Å². The van der Waals surface area contributed by atoms with Crippen molar-refractivity contribution in [3.05, 3.63) is 12.2 Å². The maximum Gasteiger partial charge on any atom is 0.407 e.